The lowest BCUT2D eigenvalue weighted by Crippen LogP contribution is -2.13. The van der Waals surface area contributed by atoms with Gasteiger partial charge in [-0.25, -0.2) is 0 Å². The smallest absolute Gasteiger partial charge is 0.133 e. The van der Waals surface area contributed by atoms with Gasteiger partial charge in [-0.3, -0.25) is 5.41 Å². The number of nitrogen functional groups attached to an aromatic ring is 1. The van der Waals surface area contributed by atoms with E-state index in [2.05, 4.69) is 15.9 Å². The molecule has 19 heavy (non-hydrogen) atoms. The zero-order chi connectivity index (χ0) is 13.8. The average molecular weight is 319 g/mol. The summed E-state index contributed by atoms with van der Waals surface area (Å²) < 4.78 is 6.86. The fourth-order valence-corrected chi connectivity index (χ4v) is 2.06. The van der Waals surface area contributed by atoms with Crippen molar-refractivity contribution in [3.05, 3.63) is 63.6 Å². The zero-order valence-corrected chi connectivity index (χ0v) is 12.2. The van der Waals surface area contributed by atoms with E-state index in [0.29, 0.717) is 17.9 Å². The summed E-state index contributed by atoms with van der Waals surface area (Å²) >= 11 is 3.40. The summed E-state index contributed by atoms with van der Waals surface area (Å²) in [4.78, 5) is 0. The van der Waals surface area contributed by atoms with E-state index < -0.39 is 0 Å². The van der Waals surface area contributed by atoms with Crippen LogP contribution >= 0.6 is 15.9 Å². The first-order valence-electron chi connectivity index (χ1n) is 5.89. The molecule has 3 nitrogen and oxygen atoms in total. The maximum absolute atomic E-state index is 7.58. The van der Waals surface area contributed by atoms with Gasteiger partial charge in [0.15, 0.2) is 0 Å². The van der Waals surface area contributed by atoms with E-state index in [0.717, 1.165) is 15.6 Å². The van der Waals surface area contributed by atoms with Crippen LogP contribution in [0.1, 0.15) is 16.7 Å². The van der Waals surface area contributed by atoms with Crippen molar-refractivity contribution in [3.63, 3.8) is 0 Å². The van der Waals surface area contributed by atoms with Crippen LogP contribution in [0.4, 0.5) is 0 Å². The molecule has 2 aromatic rings. The van der Waals surface area contributed by atoms with Crippen LogP contribution in [0.15, 0.2) is 46.9 Å². The maximum Gasteiger partial charge on any atom is 0.133 e. The van der Waals surface area contributed by atoms with Gasteiger partial charge in [0, 0.05) is 4.47 Å². The Morgan fingerprint density at radius 3 is 2.53 bits per heavy atom. The Morgan fingerprint density at radius 2 is 1.89 bits per heavy atom. The van der Waals surface area contributed by atoms with Crippen molar-refractivity contribution >= 4 is 21.8 Å². The second-order valence-corrected chi connectivity index (χ2v) is 5.20. The normalized spacial score (nSPS) is 10.2. The molecular weight excluding hydrogens is 304 g/mol. The lowest BCUT2D eigenvalue weighted by Gasteiger charge is -2.13. The minimum atomic E-state index is 0.0227. The molecule has 0 heterocycles. The third-order valence-electron chi connectivity index (χ3n) is 2.80. The molecule has 98 valence electrons. The predicted molar refractivity (Wildman–Crippen MR) is 80.7 cm³/mol. The number of para-hydroxylation sites is 1. The summed E-state index contributed by atoms with van der Waals surface area (Å²) in [6.45, 7) is 2.40. The van der Waals surface area contributed by atoms with Crippen molar-refractivity contribution < 1.29 is 4.74 Å². The summed E-state index contributed by atoms with van der Waals surface area (Å²) in [5.74, 6) is 0.701. The van der Waals surface area contributed by atoms with E-state index in [1.54, 1.807) is 6.07 Å². The predicted octanol–water partition coefficient (Wildman–Crippen LogP) is 3.62. The largest absolute Gasteiger partial charge is 0.488 e. The highest BCUT2D eigenvalue weighted by molar-refractivity contribution is 9.10. The minimum absolute atomic E-state index is 0.0227. The molecule has 2 aromatic carbocycles. The van der Waals surface area contributed by atoms with E-state index >= 15 is 0 Å². The molecule has 0 fully saturated rings. The Bertz CT molecular complexity index is 594. The molecule has 0 bridgehead atoms. The molecule has 0 radical (unpaired) electrons. The lowest BCUT2D eigenvalue weighted by molar-refractivity contribution is 0.303. The summed E-state index contributed by atoms with van der Waals surface area (Å²) in [5, 5.41) is 7.58. The lowest BCUT2D eigenvalue weighted by atomic mass is 10.1. The van der Waals surface area contributed by atoms with Gasteiger partial charge < -0.3 is 10.5 Å². The minimum Gasteiger partial charge on any atom is -0.488 e. The Kier molecular flexibility index (Phi) is 4.22. The summed E-state index contributed by atoms with van der Waals surface area (Å²) in [6, 6.07) is 13.6. The van der Waals surface area contributed by atoms with Crippen molar-refractivity contribution in [3.8, 4) is 5.75 Å². The summed E-state index contributed by atoms with van der Waals surface area (Å²) in [5.41, 5.74) is 8.25. The summed E-state index contributed by atoms with van der Waals surface area (Å²) in [7, 11) is 0. The van der Waals surface area contributed by atoms with Crippen LogP contribution in [0.2, 0.25) is 0 Å². The quantitative estimate of drug-likeness (QED) is 0.668. The molecule has 0 amide bonds. The molecule has 0 unspecified atom stereocenters. The molecule has 4 heteroatoms. The first-order valence-corrected chi connectivity index (χ1v) is 6.68. The summed E-state index contributed by atoms with van der Waals surface area (Å²) in [6.07, 6.45) is 0. The average Bonchev–Trinajstić information content (AvgIpc) is 2.39. The molecular formula is C15H15BrN2O. The number of benzene rings is 2. The molecule has 0 atom stereocenters. The second-order valence-electron chi connectivity index (χ2n) is 4.28. The van der Waals surface area contributed by atoms with Gasteiger partial charge in [0.2, 0.25) is 0 Å². The number of nitrogens with one attached hydrogen (secondary N) is 1. The van der Waals surface area contributed by atoms with Crippen LogP contribution in [-0.4, -0.2) is 5.84 Å². The fraction of sp³-hybridized carbons (Fsp3) is 0.133. The van der Waals surface area contributed by atoms with Gasteiger partial charge >= 0.3 is 0 Å². The van der Waals surface area contributed by atoms with Gasteiger partial charge in [-0.15, -0.1) is 0 Å². The van der Waals surface area contributed by atoms with Gasteiger partial charge in [0.25, 0.3) is 0 Å². The highest BCUT2D eigenvalue weighted by atomic mass is 79.9. The van der Waals surface area contributed by atoms with Gasteiger partial charge in [-0.2, -0.15) is 0 Å². The van der Waals surface area contributed by atoms with Crippen molar-refractivity contribution in [1.29, 1.82) is 5.41 Å². The highest BCUT2D eigenvalue weighted by Crippen LogP contribution is 2.24. The van der Waals surface area contributed by atoms with Crippen molar-refractivity contribution in [2.45, 2.75) is 13.5 Å². The van der Waals surface area contributed by atoms with Crippen LogP contribution in [0, 0.1) is 12.3 Å². The number of ether oxygens (including phenoxy) is 1. The Balaban J connectivity index is 2.19. The fourth-order valence-electron chi connectivity index (χ4n) is 1.79. The van der Waals surface area contributed by atoms with Crippen molar-refractivity contribution in [2.24, 2.45) is 5.73 Å². The number of hydrogen-bond acceptors (Lipinski definition) is 2. The first kappa shape index (κ1) is 13.6. The SMILES string of the molecule is Cc1cccc(C(=N)N)c1OCc1ccc(Br)cc1. The van der Waals surface area contributed by atoms with Crippen LogP contribution < -0.4 is 10.5 Å². The Morgan fingerprint density at radius 1 is 1.21 bits per heavy atom. The number of hydrogen-bond donors (Lipinski definition) is 2. The highest BCUT2D eigenvalue weighted by Gasteiger charge is 2.09. The van der Waals surface area contributed by atoms with E-state index in [1.807, 2.05) is 43.3 Å². The Labute approximate surface area is 121 Å². The number of amidine groups is 1. The molecule has 0 aromatic heterocycles. The van der Waals surface area contributed by atoms with Gasteiger partial charge in [-0.05, 0) is 36.2 Å². The molecule has 3 N–H and O–H groups in total. The van der Waals surface area contributed by atoms with Crippen molar-refractivity contribution in [2.75, 3.05) is 0 Å². The van der Waals surface area contributed by atoms with Gasteiger partial charge in [-0.1, -0.05) is 40.2 Å². The number of nitrogens with two attached hydrogens (primary N) is 1. The van der Waals surface area contributed by atoms with E-state index in [9.17, 15) is 0 Å². The van der Waals surface area contributed by atoms with E-state index in [1.165, 1.54) is 0 Å². The van der Waals surface area contributed by atoms with Crippen LogP contribution in [-0.2, 0) is 6.61 Å². The number of halogens is 1. The molecule has 0 saturated carbocycles. The standard InChI is InChI=1S/C15H15BrN2O/c1-10-3-2-4-13(15(17)18)14(10)19-9-11-5-7-12(16)8-6-11/h2-8H,9H2,1H3,(H3,17,18). The second kappa shape index (κ2) is 5.89. The molecule has 0 aliphatic carbocycles. The zero-order valence-electron chi connectivity index (χ0n) is 10.6. The molecule has 2 rings (SSSR count). The molecule has 0 aliphatic heterocycles. The van der Waals surface area contributed by atoms with Crippen LogP contribution in [0.25, 0.3) is 0 Å². The van der Waals surface area contributed by atoms with Crippen molar-refractivity contribution in [1.82, 2.24) is 0 Å². The third-order valence-corrected chi connectivity index (χ3v) is 3.33. The topological polar surface area (TPSA) is 59.1 Å². The van der Waals surface area contributed by atoms with Gasteiger partial charge in [0.1, 0.15) is 18.2 Å². The number of aryl methyl sites for hydroxylation is 1. The first-order chi connectivity index (χ1) is 9.08. The third kappa shape index (κ3) is 3.35. The van der Waals surface area contributed by atoms with Gasteiger partial charge in [0.05, 0.1) is 5.56 Å². The molecule has 0 spiro atoms. The Hall–Kier alpha value is -1.81. The van der Waals surface area contributed by atoms with E-state index in [-0.39, 0.29) is 5.84 Å². The monoisotopic (exact) mass is 318 g/mol. The number of rotatable bonds is 4. The molecule has 0 saturated heterocycles. The van der Waals surface area contributed by atoms with E-state index in [4.69, 9.17) is 15.9 Å². The molecule has 0 aliphatic rings. The maximum atomic E-state index is 7.58. The van der Waals surface area contributed by atoms with Crippen LogP contribution in [0.3, 0.4) is 0 Å². The van der Waals surface area contributed by atoms with Crippen LogP contribution in [0.5, 0.6) is 5.75 Å².